The van der Waals surface area contributed by atoms with E-state index in [1.165, 1.54) is 0 Å². The van der Waals surface area contributed by atoms with Crippen LogP contribution < -0.4 is 10.9 Å². The van der Waals surface area contributed by atoms with Gasteiger partial charge in [0, 0.05) is 14.3 Å². The van der Waals surface area contributed by atoms with Gasteiger partial charge in [0.15, 0.2) is 0 Å². The van der Waals surface area contributed by atoms with Crippen LogP contribution >= 0.6 is 34.2 Å². The molecular weight excluding hydrogens is 401 g/mol. The molecule has 0 aliphatic rings. The lowest BCUT2D eigenvalue weighted by molar-refractivity contribution is 0.953. The van der Waals surface area contributed by atoms with Crippen LogP contribution in [0.1, 0.15) is 5.82 Å². The van der Waals surface area contributed by atoms with Crippen LogP contribution in [0, 0.1) is 3.57 Å². The third-order valence-corrected chi connectivity index (χ3v) is 3.91. The SMILES string of the molecule is O=c1[nH]c(CNc2cccc(I)c2)nc2cc(Cl)ccc12. The highest BCUT2D eigenvalue weighted by Crippen LogP contribution is 2.16. The standard InChI is InChI=1S/C15H11ClIN3O/c16-9-4-5-12-13(6-9)19-14(20-15(12)21)8-18-11-3-1-2-10(17)7-11/h1-7,18H,8H2,(H,19,20,21). The Morgan fingerprint density at radius 2 is 2.10 bits per heavy atom. The molecule has 0 saturated heterocycles. The zero-order chi connectivity index (χ0) is 14.8. The fraction of sp³-hybridized carbons (Fsp3) is 0.0667. The van der Waals surface area contributed by atoms with Gasteiger partial charge in [0.25, 0.3) is 5.56 Å². The predicted molar refractivity (Wildman–Crippen MR) is 93.9 cm³/mol. The Labute approximate surface area is 139 Å². The van der Waals surface area contributed by atoms with Gasteiger partial charge in [0.1, 0.15) is 5.82 Å². The predicted octanol–water partition coefficient (Wildman–Crippen LogP) is 3.79. The number of aromatic nitrogens is 2. The van der Waals surface area contributed by atoms with E-state index >= 15 is 0 Å². The molecule has 0 spiro atoms. The topological polar surface area (TPSA) is 57.8 Å². The van der Waals surface area contributed by atoms with Crippen molar-refractivity contribution in [3.8, 4) is 0 Å². The van der Waals surface area contributed by atoms with Crippen LogP contribution in [0.15, 0.2) is 47.3 Å². The zero-order valence-electron chi connectivity index (χ0n) is 10.9. The number of nitrogens with one attached hydrogen (secondary N) is 2. The molecular formula is C15H11ClIN3O. The highest BCUT2D eigenvalue weighted by atomic mass is 127. The first-order chi connectivity index (χ1) is 10.1. The molecule has 2 aromatic carbocycles. The summed E-state index contributed by atoms with van der Waals surface area (Å²) in [5.41, 5.74) is 1.43. The molecule has 0 radical (unpaired) electrons. The number of H-pyrrole nitrogens is 1. The number of benzene rings is 2. The number of aromatic amines is 1. The van der Waals surface area contributed by atoms with Crippen LogP contribution in [-0.2, 0) is 6.54 Å². The van der Waals surface area contributed by atoms with Gasteiger partial charge in [-0.3, -0.25) is 4.79 Å². The van der Waals surface area contributed by atoms with Crippen LogP contribution in [0.2, 0.25) is 5.02 Å². The Balaban J connectivity index is 1.89. The number of halogens is 2. The molecule has 0 fully saturated rings. The molecule has 0 bridgehead atoms. The first kappa shape index (κ1) is 14.3. The molecule has 21 heavy (non-hydrogen) atoms. The van der Waals surface area contributed by atoms with Crippen molar-refractivity contribution in [2.24, 2.45) is 0 Å². The van der Waals surface area contributed by atoms with Gasteiger partial charge in [0.05, 0.1) is 17.4 Å². The first-order valence-corrected chi connectivity index (χ1v) is 7.75. The van der Waals surface area contributed by atoms with Crippen LogP contribution in [0.3, 0.4) is 0 Å². The summed E-state index contributed by atoms with van der Waals surface area (Å²) in [6, 6.07) is 13.0. The quantitative estimate of drug-likeness (QED) is 0.645. The summed E-state index contributed by atoms with van der Waals surface area (Å²) in [4.78, 5) is 19.2. The summed E-state index contributed by atoms with van der Waals surface area (Å²) in [5.74, 6) is 0.577. The largest absolute Gasteiger partial charge is 0.378 e. The molecule has 1 aromatic heterocycles. The molecule has 0 saturated carbocycles. The fourth-order valence-electron chi connectivity index (χ4n) is 2.03. The average molecular weight is 412 g/mol. The van der Waals surface area contributed by atoms with Gasteiger partial charge >= 0.3 is 0 Å². The molecule has 1 heterocycles. The van der Waals surface area contributed by atoms with Gasteiger partial charge in [-0.25, -0.2) is 4.98 Å². The van der Waals surface area contributed by atoms with Crippen molar-refractivity contribution in [1.82, 2.24) is 9.97 Å². The smallest absolute Gasteiger partial charge is 0.258 e. The highest BCUT2D eigenvalue weighted by molar-refractivity contribution is 14.1. The molecule has 0 aliphatic carbocycles. The lowest BCUT2D eigenvalue weighted by Crippen LogP contribution is -2.14. The maximum Gasteiger partial charge on any atom is 0.258 e. The lowest BCUT2D eigenvalue weighted by atomic mass is 10.2. The van der Waals surface area contributed by atoms with Crippen molar-refractivity contribution in [1.29, 1.82) is 0 Å². The number of hydrogen-bond donors (Lipinski definition) is 2. The molecule has 0 aliphatic heterocycles. The third-order valence-electron chi connectivity index (χ3n) is 3.00. The molecule has 0 atom stereocenters. The number of anilines is 1. The van der Waals surface area contributed by atoms with Gasteiger partial charge < -0.3 is 10.3 Å². The van der Waals surface area contributed by atoms with Gasteiger partial charge in [-0.1, -0.05) is 17.7 Å². The number of fused-ring (bicyclic) bond motifs is 1. The van der Waals surface area contributed by atoms with Crippen molar-refractivity contribution in [2.75, 3.05) is 5.32 Å². The molecule has 6 heteroatoms. The van der Waals surface area contributed by atoms with E-state index in [0.29, 0.717) is 28.3 Å². The monoisotopic (exact) mass is 411 g/mol. The summed E-state index contributed by atoms with van der Waals surface area (Å²) >= 11 is 8.20. The van der Waals surface area contributed by atoms with Gasteiger partial charge in [-0.05, 0) is 59.0 Å². The van der Waals surface area contributed by atoms with E-state index < -0.39 is 0 Å². The van der Waals surface area contributed by atoms with E-state index in [0.717, 1.165) is 9.26 Å². The van der Waals surface area contributed by atoms with E-state index in [1.54, 1.807) is 18.2 Å². The third kappa shape index (κ3) is 3.36. The first-order valence-electron chi connectivity index (χ1n) is 6.30. The van der Waals surface area contributed by atoms with Gasteiger partial charge in [-0.15, -0.1) is 0 Å². The number of hydrogen-bond acceptors (Lipinski definition) is 3. The Bertz CT molecular complexity index is 863. The number of rotatable bonds is 3. The molecule has 106 valence electrons. The van der Waals surface area contributed by atoms with Crippen molar-refractivity contribution >= 4 is 50.8 Å². The second-order valence-electron chi connectivity index (χ2n) is 4.54. The molecule has 2 N–H and O–H groups in total. The maximum absolute atomic E-state index is 12.0. The summed E-state index contributed by atoms with van der Waals surface area (Å²) in [7, 11) is 0. The number of nitrogens with zero attached hydrogens (tertiary/aromatic N) is 1. The zero-order valence-corrected chi connectivity index (χ0v) is 13.8. The van der Waals surface area contributed by atoms with Gasteiger partial charge in [0.2, 0.25) is 0 Å². The van der Waals surface area contributed by atoms with Crippen LogP contribution in [-0.4, -0.2) is 9.97 Å². The van der Waals surface area contributed by atoms with E-state index in [-0.39, 0.29) is 5.56 Å². The Hall–Kier alpha value is -1.60. The highest BCUT2D eigenvalue weighted by Gasteiger charge is 2.04. The second-order valence-corrected chi connectivity index (χ2v) is 6.22. The lowest BCUT2D eigenvalue weighted by Gasteiger charge is -2.07. The normalized spacial score (nSPS) is 10.8. The van der Waals surface area contributed by atoms with Gasteiger partial charge in [-0.2, -0.15) is 0 Å². The summed E-state index contributed by atoms with van der Waals surface area (Å²) in [5, 5.41) is 4.34. The Morgan fingerprint density at radius 3 is 2.90 bits per heavy atom. The summed E-state index contributed by atoms with van der Waals surface area (Å²) < 4.78 is 1.14. The van der Waals surface area contributed by atoms with E-state index in [4.69, 9.17) is 11.6 Å². The van der Waals surface area contributed by atoms with Crippen LogP contribution in [0.5, 0.6) is 0 Å². The molecule has 4 nitrogen and oxygen atoms in total. The maximum atomic E-state index is 12.0. The molecule has 0 amide bonds. The minimum absolute atomic E-state index is 0.156. The Morgan fingerprint density at radius 1 is 1.24 bits per heavy atom. The van der Waals surface area contributed by atoms with E-state index in [1.807, 2.05) is 24.3 Å². The summed E-state index contributed by atoms with van der Waals surface area (Å²) in [6.45, 7) is 0.442. The van der Waals surface area contributed by atoms with E-state index in [9.17, 15) is 4.79 Å². The van der Waals surface area contributed by atoms with Crippen LogP contribution in [0.25, 0.3) is 10.9 Å². The van der Waals surface area contributed by atoms with Crippen molar-refractivity contribution in [3.05, 3.63) is 67.2 Å². The average Bonchev–Trinajstić information content (AvgIpc) is 2.45. The van der Waals surface area contributed by atoms with Crippen molar-refractivity contribution < 1.29 is 0 Å². The minimum Gasteiger partial charge on any atom is -0.378 e. The Kier molecular flexibility index (Phi) is 4.12. The van der Waals surface area contributed by atoms with Crippen molar-refractivity contribution in [2.45, 2.75) is 6.54 Å². The summed E-state index contributed by atoms with van der Waals surface area (Å²) in [6.07, 6.45) is 0. The van der Waals surface area contributed by atoms with Crippen LogP contribution in [0.4, 0.5) is 5.69 Å². The fourth-order valence-corrected chi connectivity index (χ4v) is 2.74. The molecule has 0 unspecified atom stereocenters. The molecule has 3 rings (SSSR count). The molecule has 3 aromatic rings. The minimum atomic E-state index is -0.156. The van der Waals surface area contributed by atoms with Crippen molar-refractivity contribution in [3.63, 3.8) is 0 Å². The second kappa shape index (κ2) is 6.03. The van der Waals surface area contributed by atoms with E-state index in [2.05, 4.69) is 37.9 Å².